The molecule has 1 aliphatic carbocycles. The number of nitrogens with two attached hydrogens (primary N) is 1. The van der Waals surface area contributed by atoms with E-state index in [2.05, 4.69) is 12.3 Å². The van der Waals surface area contributed by atoms with Crippen LogP contribution in [0.15, 0.2) is 18.2 Å². The van der Waals surface area contributed by atoms with Gasteiger partial charge >= 0.3 is 0 Å². The molecule has 3 N–H and O–H groups in total. The summed E-state index contributed by atoms with van der Waals surface area (Å²) >= 11 is 0. The summed E-state index contributed by atoms with van der Waals surface area (Å²) in [6, 6.07) is 6.10. The highest BCUT2D eigenvalue weighted by molar-refractivity contribution is 5.40. The number of hydrogen-bond acceptors (Lipinski definition) is 4. The average Bonchev–Trinajstić information content (AvgIpc) is 2.48. The molecule has 1 fully saturated rings. The first-order chi connectivity index (χ1) is 9.62. The molecule has 0 heterocycles. The highest BCUT2D eigenvalue weighted by atomic mass is 16.5. The molecule has 0 aromatic heterocycles. The molecule has 1 atom stereocenters. The third-order valence-electron chi connectivity index (χ3n) is 4.57. The lowest BCUT2D eigenvalue weighted by atomic mass is 9.69. The van der Waals surface area contributed by atoms with E-state index in [1.807, 2.05) is 18.2 Å². The van der Waals surface area contributed by atoms with Gasteiger partial charge in [-0.3, -0.25) is 11.3 Å². The maximum atomic E-state index is 5.87. The van der Waals surface area contributed by atoms with Crippen LogP contribution in [0.25, 0.3) is 0 Å². The number of methoxy groups -OCH3 is 2. The zero-order valence-electron chi connectivity index (χ0n) is 12.7. The first-order valence-electron chi connectivity index (χ1n) is 7.32. The number of rotatable bonds is 5. The highest BCUT2D eigenvalue weighted by Crippen LogP contribution is 2.46. The van der Waals surface area contributed by atoms with Crippen LogP contribution in [0.1, 0.15) is 50.6 Å². The topological polar surface area (TPSA) is 56.5 Å². The highest BCUT2D eigenvalue weighted by Gasteiger charge is 2.36. The van der Waals surface area contributed by atoms with Gasteiger partial charge in [-0.25, -0.2) is 0 Å². The molecule has 1 aromatic rings. The molecule has 1 saturated carbocycles. The minimum Gasteiger partial charge on any atom is -0.497 e. The van der Waals surface area contributed by atoms with Crippen molar-refractivity contribution in [2.45, 2.75) is 45.1 Å². The zero-order chi connectivity index (χ0) is 14.6. The molecule has 1 aromatic carbocycles. The smallest absolute Gasteiger partial charge is 0.122 e. The monoisotopic (exact) mass is 278 g/mol. The van der Waals surface area contributed by atoms with Crippen LogP contribution >= 0.6 is 0 Å². The van der Waals surface area contributed by atoms with Crippen LogP contribution in [0.5, 0.6) is 11.5 Å². The lowest BCUT2D eigenvalue weighted by molar-refractivity contribution is 0.144. The van der Waals surface area contributed by atoms with Crippen LogP contribution in [-0.2, 0) is 0 Å². The minimum atomic E-state index is 0.117. The van der Waals surface area contributed by atoms with Gasteiger partial charge in [0.25, 0.3) is 0 Å². The first kappa shape index (κ1) is 15.1. The van der Waals surface area contributed by atoms with Gasteiger partial charge in [0.2, 0.25) is 0 Å². The number of ether oxygens (including phenoxy) is 2. The second-order valence-corrected chi connectivity index (χ2v) is 5.96. The largest absolute Gasteiger partial charge is 0.497 e. The lowest BCUT2D eigenvalue weighted by Gasteiger charge is -2.40. The van der Waals surface area contributed by atoms with Crippen molar-refractivity contribution >= 4 is 0 Å². The van der Waals surface area contributed by atoms with Gasteiger partial charge in [-0.15, -0.1) is 0 Å². The van der Waals surface area contributed by atoms with Crippen LogP contribution in [-0.4, -0.2) is 14.2 Å². The number of benzene rings is 1. The Bertz CT molecular complexity index is 420. The Hall–Kier alpha value is -1.26. The molecule has 2 rings (SSSR count). The van der Waals surface area contributed by atoms with Crippen molar-refractivity contribution in [3.8, 4) is 11.5 Å². The van der Waals surface area contributed by atoms with Crippen LogP contribution < -0.4 is 20.7 Å². The standard InChI is InChI=1S/C16H26N2O2/c1-16(7-5-4-6-8-16)15(18-17)12-9-13(19-2)11-14(10-12)20-3/h9-11,15,18H,4-8,17H2,1-3H3. The summed E-state index contributed by atoms with van der Waals surface area (Å²) < 4.78 is 10.7. The average molecular weight is 278 g/mol. The molecule has 0 aliphatic heterocycles. The molecule has 0 radical (unpaired) electrons. The molecular weight excluding hydrogens is 252 g/mol. The molecular formula is C16H26N2O2. The van der Waals surface area contributed by atoms with Gasteiger partial charge < -0.3 is 9.47 Å². The summed E-state index contributed by atoms with van der Waals surface area (Å²) in [5.74, 6) is 7.48. The van der Waals surface area contributed by atoms with E-state index < -0.39 is 0 Å². The van der Waals surface area contributed by atoms with Crippen molar-refractivity contribution in [3.05, 3.63) is 23.8 Å². The van der Waals surface area contributed by atoms with Gasteiger partial charge in [-0.1, -0.05) is 26.2 Å². The van der Waals surface area contributed by atoms with E-state index in [1.165, 1.54) is 32.1 Å². The molecule has 0 bridgehead atoms. The lowest BCUT2D eigenvalue weighted by Crippen LogP contribution is -2.41. The molecule has 1 aliphatic rings. The fraction of sp³-hybridized carbons (Fsp3) is 0.625. The molecule has 112 valence electrons. The maximum absolute atomic E-state index is 5.87. The van der Waals surface area contributed by atoms with Gasteiger partial charge in [0, 0.05) is 6.07 Å². The number of hydrogen-bond donors (Lipinski definition) is 2. The Morgan fingerprint density at radius 2 is 1.60 bits per heavy atom. The van der Waals surface area contributed by atoms with Crippen LogP contribution in [0.3, 0.4) is 0 Å². The first-order valence-corrected chi connectivity index (χ1v) is 7.32. The van der Waals surface area contributed by atoms with Crippen molar-refractivity contribution in [2.75, 3.05) is 14.2 Å². The van der Waals surface area contributed by atoms with Crippen LogP contribution in [0.2, 0.25) is 0 Å². The predicted molar refractivity (Wildman–Crippen MR) is 80.8 cm³/mol. The summed E-state index contributed by atoms with van der Waals surface area (Å²) in [7, 11) is 3.34. The van der Waals surface area contributed by atoms with Gasteiger partial charge in [-0.2, -0.15) is 0 Å². The normalized spacial score (nSPS) is 19.4. The van der Waals surface area contributed by atoms with E-state index in [4.69, 9.17) is 15.3 Å². The summed E-state index contributed by atoms with van der Waals surface area (Å²) in [6.45, 7) is 2.32. The van der Waals surface area contributed by atoms with Gasteiger partial charge in [0.1, 0.15) is 11.5 Å². The van der Waals surface area contributed by atoms with E-state index in [-0.39, 0.29) is 11.5 Å². The number of hydrazine groups is 1. The summed E-state index contributed by atoms with van der Waals surface area (Å²) in [4.78, 5) is 0. The second kappa shape index (κ2) is 6.46. The third-order valence-corrected chi connectivity index (χ3v) is 4.57. The predicted octanol–water partition coefficient (Wildman–Crippen LogP) is 3.18. The van der Waals surface area contributed by atoms with E-state index in [9.17, 15) is 0 Å². The van der Waals surface area contributed by atoms with E-state index in [0.29, 0.717) is 0 Å². The summed E-state index contributed by atoms with van der Waals surface area (Å²) in [5.41, 5.74) is 4.34. The summed E-state index contributed by atoms with van der Waals surface area (Å²) in [5, 5.41) is 0. The molecule has 0 spiro atoms. The Morgan fingerprint density at radius 1 is 1.05 bits per heavy atom. The number of nitrogens with one attached hydrogen (secondary N) is 1. The van der Waals surface area contributed by atoms with Gasteiger partial charge in [0.05, 0.1) is 20.3 Å². The molecule has 0 saturated heterocycles. The Kier molecular flexibility index (Phi) is 4.89. The molecule has 4 heteroatoms. The maximum Gasteiger partial charge on any atom is 0.122 e. The Balaban J connectivity index is 2.35. The second-order valence-electron chi connectivity index (χ2n) is 5.96. The summed E-state index contributed by atoms with van der Waals surface area (Å²) in [6.07, 6.45) is 6.27. The SMILES string of the molecule is COc1cc(OC)cc(C(NN)C2(C)CCCCC2)c1. The van der Waals surface area contributed by atoms with Crippen molar-refractivity contribution < 1.29 is 9.47 Å². The fourth-order valence-corrected chi connectivity index (χ4v) is 3.34. The van der Waals surface area contributed by atoms with E-state index in [0.717, 1.165) is 17.1 Å². The van der Waals surface area contributed by atoms with Crippen molar-refractivity contribution in [3.63, 3.8) is 0 Å². The van der Waals surface area contributed by atoms with Gasteiger partial charge in [0.15, 0.2) is 0 Å². The third kappa shape index (κ3) is 3.07. The van der Waals surface area contributed by atoms with Crippen molar-refractivity contribution in [1.29, 1.82) is 0 Å². The van der Waals surface area contributed by atoms with Gasteiger partial charge in [-0.05, 0) is 36.0 Å². The molecule has 0 amide bonds. The van der Waals surface area contributed by atoms with Crippen LogP contribution in [0, 0.1) is 5.41 Å². The fourth-order valence-electron chi connectivity index (χ4n) is 3.34. The zero-order valence-corrected chi connectivity index (χ0v) is 12.7. The Morgan fingerprint density at radius 3 is 2.05 bits per heavy atom. The molecule has 20 heavy (non-hydrogen) atoms. The quantitative estimate of drug-likeness (QED) is 0.641. The molecule has 4 nitrogen and oxygen atoms in total. The Labute approximate surface area is 121 Å². The molecule has 1 unspecified atom stereocenters. The van der Waals surface area contributed by atoms with Crippen LogP contribution in [0.4, 0.5) is 0 Å². The minimum absolute atomic E-state index is 0.117. The van der Waals surface area contributed by atoms with E-state index >= 15 is 0 Å². The van der Waals surface area contributed by atoms with E-state index in [1.54, 1.807) is 14.2 Å². The van der Waals surface area contributed by atoms with Crippen molar-refractivity contribution in [2.24, 2.45) is 11.3 Å². The van der Waals surface area contributed by atoms with Crippen molar-refractivity contribution in [1.82, 2.24) is 5.43 Å².